The van der Waals surface area contributed by atoms with Gasteiger partial charge in [-0.25, -0.2) is 0 Å². The molecule has 2 N–H and O–H groups in total. The monoisotopic (exact) mass is 178 g/mol. The molecular weight excluding hydrogens is 167 g/mol. The number of carbonyl (C=O) groups excluding carboxylic acids is 1. The van der Waals surface area contributed by atoms with E-state index in [0.29, 0.717) is 0 Å². The van der Waals surface area contributed by atoms with Gasteiger partial charge in [0.15, 0.2) is 0 Å². The molecule has 0 spiro atoms. The Labute approximate surface area is 64.8 Å². The van der Waals surface area contributed by atoms with Crippen molar-refractivity contribution in [1.82, 2.24) is 0 Å². The van der Waals surface area contributed by atoms with Crippen molar-refractivity contribution >= 4 is 13.4 Å². The second-order valence-electron chi connectivity index (χ2n) is 2.92. The smallest absolute Gasteiger partial charge is 0.324 e. The van der Waals surface area contributed by atoms with E-state index in [9.17, 15) is 9.36 Å². The second kappa shape index (κ2) is 3.05. The van der Waals surface area contributed by atoms with Crippen LogP contribution in [0.1, 0.15) is 19.3 Å². The molecule has 1 aliphatic carbocycles. The van der Waals surface area contributed by atoms with Gasteiger partial charge in [0.2, 0.25) is 0 Å². The van der Waals surface area contributed by atoms with Crippen molar-refractivity contribution < 1.29 is 19.1 Å². The van der Waals surface area contributed by atoms with E-state index in [1.807, 2.05) is 0 Å². The Balaban J connectivity index is 2.37. The van der Waals surface area contributed by atoms with Crippen molar-refractivity contribution in [1.29, 1.82) is 0 Å². The largest absolute Gasteiger partial charge is 0.332 e. The van der Waals surface area contributed by atoms with Crippen LogP contribution in [0.25, 0.3) is 0 Å². The molecule has 4 nitrogen and oxygen atoms in total. The van der Waals surface area contributed by atoms with E-state index in [0.717, 1.165) is 19.3 Å². The standard InChI is InChI=1S/C6H11O4P/c7-6(4-11(8,9)10)5-2-1-3-5/h5H,1-4H2,(H2,8,9,10). The lowest BCUT2D eigenvalue weighted by atomic mass is 9.83. The average Bonchev–Trinajstić information content (AvgIpc) is 1.50. The minimum Gasteiger partial charge on any atom is -0.324 e. The molecule has 1 fully saturated rings. The summed E-state index contributed by atoms with van der Waals surface area (Å²) in [7, 11) is -4.10. The van der Waals surface area contributed by atoms with Gasteiger partial charge in [0.25, 0.3) is 0 Å². The average molecular weight is 178 g/mol. The first kappa shape index (κ1) is 8.91. The highest BCUT2D eigenvalue weighted by molar-refractivity contribution is 7.52. The summed E-state index contributed by atoms with van der Waals surface area (Å²) in [5.74, 6) is -0.341. The molecule has 1 aliphatic rings. The van der Waals surface area contributed by atoms with E-state index in [4.69, 9.17) is 9.79 Å². The third-order valence-electron chi connectivity index (χ3n) is 1.92. The van der Waals surface area contributed by atoms with Gasteiger partial charge < -0.3 is 9.79 Å². The predicted octanol–water partition coefficient (Wildman–Crippen LogP) is 0.533. The quantitative estimate of drug-likeness (QED) is 0.618. The Bertz CT molecular complexity index is 203. The zero-order chi connectivity index (χ0) is 8.48. The fourth-order valence-electron chi connectivity index (χ4n) is 1.06. The van der Waals surface area contributed by atoms with Crippen LogP contribution in [0.3, 0.4) is 0 Å². The van der Waals surface area contributed by atoms with E-state index in [-0.39, 0.29) is 11.7 Å². The molecule has 0 heterocycles. The number of hydrogen-bond donors (Lipinski definition) is 2. The molecule has 0 unspecified atom stereocenters. The first-order valence-corrected chi connectivity index (χ1v) is 5.36. The maximum Gasteiger partial charge on any atom is 0.332 e. The van der Waals surface area contributed by atoms with Crippen LogP contribution >= 0.6 is 7.60 Å². The molecule has 1 saturated carbocycles. The van der Waals surface area contributed by atoms with Crippen molar-refractivity contribution in [2.45, 2.75) is 19.3 Å². The number of Topliss-reactive ketones (excluding diaryl/α,β-unsaturated/α-hetero) is 1. The van der Waals surface area contributed by atoms with Crippen LogP contribution in [0.2, 0.25) is 0 Å². The van der Waals surface area contributed by atoms with Crippen molar-refractivity contribution in [2.75, 3.05) is 6.16 Å². The number of hydrogen-bond acceptors (Lipinski definition) is 2. The molecule has 0 radical (unpaired) electrons. The molecule has 0 aromatic carbocycles. The van der Waals surface area contributed by atoms with Gasteiger partial charge in [0.1, 0.15) is 11.9 Å². The lowest BCUT2D eigenvalue weighted by Gasteiger charge is -2.23. The van der Waals surface area contributed by atoms with Crippen molar-refractivity contribution in [2.24, 2.45) is 5.92 Å². The van der Waals surface area contributed by atoms with Gasteiger partial charge in [0.05, 0.1) is 0 Å². The van der Waals surface area contributed by atoms with Crippen molar-refractivity contribution in [3.8, 4) is 0 Å². The van der Waals surface area contributed by atoms with E-state index in [1.54, 1.807) is 0 Å². The predicted molar refractivity (Wildman–Crippen MR) is 39.3 cm³/mol. The van der Waals surface area contributed by atoms with Crippen molar-refractivity contribution in [3.63, 3.8) is 0 Å². The maximum atomic E-state index is 10.9. The van der Waals surface area contributed by atoms with Gasteiger partial charge in [-0.05, 0) is 12.8 Å². The lowest BCUT2D eigenvalue weighted by Crippen LogP contribution is -2.24. The molecule has 0 aromatic heterocycles. The van der Waals surface area contributed by atoms with E-state index in [1.165, 1.54) is 0 Å². The van der Waals surface area contributed by atoms with Gasteiger partial charge in [-0.2, -0.15) is 0 Å². The Morgan fingerprint density at radius 1 is 1.45 bits per heavy atom. The zero-order valence-electron chi connectivity index (χ0n) is 6.06. The van der Waals surface area contributed by atoms with Gasteiger partial charge in [0, 0.05) is 5.92 Å². The molecule has 5 heteroatoms. The third kappa shape index (κ3) is 2.73. The van der Waals surface area contributed by atoms with Crippen LogP contribution in [0.4, 0.5) is 0 Å². The summed E-state index contributed by atoms with van der Waals surface area (Å²) in [6.07, 6.45) is 2.05. The normalized spacial score (nSPS) is 19.5. The van der Waals surface area contributed by atoms with E-state index >= 15 is 0 Å². The topological polar surface area (TPSA) is 74.6 Å². The van der Waals surface area contributed by atoms with Crippen molar-refractivity contribution in [3.05, 3.63) is 0 Å². The number of ketones is 1. The summed E-state index contributed by atoms with van der Waals surface area (Å²) in [6.45, 7) is 0. The summed E-state index contributed by atoms with van der Waals surface area (Å²) >= 11 is 0. The first-order valence-electron chi connectivity index (χ1n) is 3.56. The highest BCUT2D eigenvalue weighted by atomic mass is 31.2. The second-order valence-corrected chi connectivity index (χ2v) is 4.56. The molecule has 0 bridgehead atoms. The number of rotatable bonds is 3. The van der Waals surface area contributed by atoms with Crippen LogP contribution in [0.5, 0.6) is 0 Å². The summed E-state index contributed by atoms with van der Waals surface area (Å²) in [5, 5.41) is 0. The summed E-state index contributed by atoms with van der Waals surface area (Å²) in [4.78, 5) is 27.8. The molecule has 0 aromatic rings. The molecule has 1 rings (SSSR count). The van der Waals surface area contributed by atoms with Crippen LogP contribution < -0.4 is 0 Å². The van der Waals surface area contributed by atoms with Gasteiger partial charge in [-0.15, -0.1) is 0 Å². The fourth-order valence-corrected chi connectivity index (χ4v) is 1.73. The van der Waals surface area contributed by atoms with Gasteiger partial charge in [-0.1, -0.05) is 6.42 Å². The maximum absolute atomic E-state index is 10.9. The Morgan fingerprint density at radius 2 is 2.00 bits per heavy atom. The summed E-state index contributed by atoms with van der Waals surface area (Å²) < 4.78 is 10.4. The Kier molecular flexibility index (Phi) is 2.47. The van der Waals surface area contributed by atoms with Gasteiger partial charge >= 0.3 is 7.60 Å². The molecule has 64 valence electrons. The van der Waals surface area contributed by atoms with Crippen LogP contribution in [0, 0.1) is 5.92 Å². The van der Waals surface area contributed by atoms with Crippen LogP contribution in [-0.4, -0.2) is 21.7 Å². The molecular formula is C6H11O4P. The Morgan fingerprint density at radius 3 is 2.27 bits per heavy atom. The fraction of sp³-hybridized carbons (Fsp3) is 0.833. The third-order valence-corrected chi connectivity index (χ3v) is 2.65. The highest BCUT2D eigenvalue weighted by Gasteiger charge is 2.29. The SMILES string of the molecule is O=C(CP(=O)(O)O)C1CCC1. The van der Waals surface area contributed by atoms with Crippen LogP contribution in [0.15, 0.2) is 0 Å². The number of carbonyl (C=O) groups is 1. The molecule has 0 amide bonds. The highest BCUT2D eigenvalue weighted by Crippen LogP contribution is 2.38. The summed E-state index contributed by atoms with van der Waals surface area (Å²) in [5.41, 5.74) is 0. The molecule has 0 atom stereocenters. The van der Waals surface area contributed by atoms with Gasteiger partial charge in [-0.3, -0.25) is 9.36 Å². The minimum absolute atomic E-state index is 0.0670. The van der Waals surface area contributed by atoms with E-state index < -0.39 is 13.8 Å². The minimum atomic E-state index is -4.10. The summed E-state index contributed by atoms with van der Waals surface area (Å²) in [6, 6.07) is 0. The van der Waals surface area contributed by atoms with E-state index in [2.05, 4.69) is 0 Å². The Hall–Kier alpha value is -0.180. The van der Waals surface area contributed by atoms with Crippen LogP contribution in [-0.2, 0) is 9.36 Å². The molecule has 0 saturated heterocycles. The lowest BCUT2D eigenvalue weighted by molar-refractivity contribution is -0.122. The zero-order valence-corrected chi connectivity index (χ0v) is 6.96. The molecule has 11 heavy (non-hydrogen) atoms. The molecule has 0 aliphatic heterocycles. The first-order chi connectivity index (χ1) is 4.99.